The Morgan fingerprint density at radius 1 is 1.53 bits per heavy atom. The van der Waals surface area contributed by atoms with Gasteiger partial charge in [0.2, 0.25) is 5.91 Å². The summed E-state index contributed by atoms with van der Waals surface area (Å²) < 4.78 is 0. The molecule has 1 rings (SSSR count). The first kappa shape index (κ1) is 11.9. The van der Waals surface area contributed by atoms with E-state index in [1.807, 2.05) is 6.92 Å². The van der Waals surface area contributed by atoms with Crippen molar-refractivity contribution in [2.75, 3.05) is 19.7 Å². The van der Waals surface area contributed by atoms with E-state index in [1.165, 1.54) is 0 Å². The van der Waals surface area contributed by atoms with Crippen molar-refractivity contribution < 1.29 is 19.8 Å². The highest BCUT2D eigenvalue weighted by atomic mass is 16.4. The lowest BCUT2D eigenvalue weighted by atomic mass is 9.97. The highest BCUT2D eigenvalue weighted by molar-refractivity contribution is 5.85. The number of amides is 1. The van der Waals surface area contributed by atoms with Crippen LogP contribution in [0.2, 0.25) is 0 Å². The number of aliphatic hydroxyl groups excluding tert-OH is 1. The standard InChI is InChI=1S/C9H16N2O4/c1-5-2-10-3-6(5)8(13)11-7(4-12)9(14)15/h5-7,10,12H,2-4H2,1H3,(H,11,13)(H,14,15). The predicted octanol–water partition coefficient (Wildman–Crippen LogP) is -1.60. The number of carboxylic acids is 1. The van der Waals surface area contributed by atoms with E-state index in [0.717, 1.165) is 6.54 Å². The molecule has 1 fully saturated rings. The lowest BCUT2D eigenvalue weighted by molar-refractivity contribution is -0.143. The lowest BCUT2D eigenvalue weighted by Crippen LogP contribution is -2.47. The summed E-state index contributed by atoms with van der Waals surface area (Å²) in [6.07, 6.45) is 0. The maximum atomic E-state index is 11.6. The molecule has 6 nitrogen and oxygen atoms in total. The lowest BCUT2D eigenvalue weighted by Gasteiger charge is -2.17. The van der Waals surface area contributed by atoms with Crippen LogP contribution in [0.1, 0.15) is 6.92 Å². The van der Waals surface area contributed by atoms with E-state index in [9.17, 15) is 9.59 Å². The predicted molar refractivity (Wildman–Crippen MR) is 52.2 cm³/mol. The van der Waals surface area contributed by atoms with Gasteiger partial charge in [-0.1, -0.05) is 6.92 Å². The minimum atomic E-state index is -1.22. The van der Waals surface area contributed by atoms with E-state index >= 15 is 0 Å². The molecule has 0 spiro atoms. The summed E-state index contributed by atoms with van der Waals surface area (Å²) >= 11 is 0. The number of nitrogens with one attached hydrogen (secondary N) is 2. The van der Waals surface area contributed by atoms with Gasteiger partial charge in [-0.15, -0.1) is 0 Å². The smallest absolute Gasteiger partial charge is 0.328 e. The normalized spacial score (nSPS) is 27.3. The summed E-state index contributed by atoms with van der Waals surface area (Å²) in [5, 5.41) is 22.7. The summed E-state index contributed by atoms with van der Waals surface area (Å²) in [7, 11) is 0. The van der Waals surface area contributed by atoms with Crippen LogP contribution in [-0.2, 0) is 9.59 Å². The van der Waals surface area contributed by atoms with Crippen LogP contribution in [0.5, 0.6) is 0 Å². The zero-order chi connectivity index (χ0) is 11.4. The van der Waals surface area contributed by atoms with Gasteiger partial charge in [-0.05, 0) is 12.5 Å². The molecule has 0 aromatic rings. The highest BCUT2D eigenvalue weighted by Gasteiger charge is 2.31. The van der Waals surface area contributed by atoms with Gasteiger partial charge in [0.05, 0.1) is 12.5 Å². The number of carboxylic acid groups (broad SMARTS) is 1. The Morgan fingerprint density at radius 2 is 2.20 bits per heavy atom. The first-order chi connectivity index (χ1) is 7.06. The van der Waals surface area contributed by atoms with Crippen molar-refractivity contribution in [3.05, 3.63) is 0 Å². The zero-order valence-electron chi connectivity index (χ0n) is 8.56. The van der Waals surface area contributed by atoms with Crippen LogP contribution in [0.3, 0.4) is 0 Å². The molecule has 1 saturated heterocycles. The quantitative estimate of drug-likeness (QED) is 0.454. The maximum Gasteiger partial charge on any atom is 0.328 e. The van der Waals surface area contributed by atoms with Gasteiger partial charge in [0.25, 0.3) is 0 Å². The van der Waals surface area contributed by atoms with Gasteiger partial charge in [-0.3, -0.25) is 4.79 Å². The number of aliphatic hydroxyl groups is 1. The fraction of sp³-hybridized carbons (Fsp3) is 0.778. The fourth-order valence-electron chi connectivity index (χ4n) is 1.63. The molecule has 1 aliphatic heterocycles. The average Bonchev–Trinajstić information content (AvgIpc) is 2.60. The molecule has 3 unspecified atom stereocenters. The zero-order valence-corrected chi connectivity index (χ0v) is 8.56. The molecule has 0 aliphatic carbocycles. The maximum absolute atomic E-state index is 11.6. The van der Waals surface area contributed by atoms with Crippen LogP contribution in [0.25, 0.3) is 0 Å². The number of hydrogen-bond acceptors (Lipinski definition) is 4. The molecular formula is C9H16N2O4. The van der Waals surface area contributed by atoms with Crippen LogP contribution in [0.4, 0.5) is 0 Å². The summed E-state index contributed by atoms with van der Waals surface area (Å²) in [5.74, 6) is -1.55. The molecule has 0 radical (unpaired) electrons. The molecule has 0 aromatic carbocycles. The molecule has 6 heteroatoms. The SMILES string of the molecule is CC1CNCC1C(=O)NC(CO)C(=O)O. The molecule has 4 N–H and O–H groups in total. The number of aliphatic carboxylic acids is 1. The number of carbonyl (C=O) groups is 2. The van der Waals surface area contributed by atoms with E-state index in [4.69, 9.17) is 10.2 Å². The minimum Gasteiger partial charge on any atom is -0.480 e. The minimum absolute atomic E-state index is 0.193. The van der Waals surface area contributed by atoms with Crippen LogP contribution in [0.15, 0.2) is 0 Å². The van der Waals surface area contributed by atoms with Gasteiger partial charge in [-0.25, -0.2) is 4.79 Å². The van der Waals surface area contributed by atoms with Gasteiger partial charge in [0.1, 0.15) is 6.04 Å². The van der Waals surface area contributed by atoms with Gasteiger partial charge >= 0.3 is 5.97 Å². The molecule has 0 aromatic heterocycles. The second-order valence-electron chi connectivity index (χ2n) is 3.82. The highest BCUT2D eigenvalue weighted by Crippen LogP contribution is 2.15. The summed E-state index contributed by atoms with van der Waals surface area (Å²) in [5.41, 5.74) is 0. The van der Waals surface area contributed by atoms with Crippen molar-refractivity contribution in [3.63, 3.8) is 0 Å². The second-order valence-corrected chi connectivity index (χ2v) is 3.82. The first-order valence-corrected chi connectivity index (χ1v) is 4.91. The van der Waals surface area contributed by atoms with Crippen molar-refractivity contribution in [1.82, 2.24) is 10.6 Å². The van der Waals surface area contributed by atoms with Crippen molar-refractivity contribution >= 4 is 11.9 Å². The van der Waals surface area contributed by atoms with Crippen LogP contribution >= 0.6 is 0 Å². The number of carbonyl (C=O) groups excluding carboxylic acids is 1. The largest absolute Gasteiger partial charge is 0.480 e. The van der Waals surface area contributed by atoms with Crippen molar-refractivity contribution in [2.24, 2.45) is 11.8 Å². The molecule has 15 heavy (non-hydrogen) atoms. The van der Waals surface area contributed by atoms with Gasteiger partial charge in [-0.2, -0.15) is 0 Å². The Labute approximate surface area is 87.7 Å². The molecule has 1 heterocycles. The van der Waals surface area contributed by atoms with E-state index in [1.54, 1.807) is 0 Å². The summed E-state index contributed by atoms with van der Waals surface area (Å²) in [6, 6.07) is -1.20. The monoisotopic (exact) mass is 216 g/mol. The molecule has 0 saturated carbocycles. The van der Waals surface area contributed by atoms with Crippen LogP contribution in [0, 0.1) is 11.8 Å². The Morgan fingerprint density at radius 3 is 2.60 bits per heavy atom. The Balaban J connectivity index is 2.50. The van der Waals surface area contributed by atoms with Crippen molar-refractivity contribution in [3.8, 4) is 0 Å². The van der Waals surface area contributed by atoms with E-state index in [2.05, 4.69) is 10.6 Å². The molecule has 0 bridgehead atoms. The second kappa shape index (κ2) is 5.09. The Hall–Kier alpha value is -1.14. The summed E-state index contributed by atoms with van der Waals surface area (Å²) in [6.45, 7) is 2.66. The van der Waals surface area contributed by atoms with Crippen molar-refractivity contribution in [2.45, 2.75) is 13.0 Å². The third-order valence-electron chi connectivity index (χ3n) is 2.65. The third kappa shape index (κ3) is 2.90. The summed E-state index contributed by atoms with van der Waals surface area (Å²) in [4.78, 5) is 22.2. The molecule has 1 amide bonds. The molecule has 86 valence electrons. The van der Waals surface area contributed by atoms with Gasteiger partial charge < -0.3 is 20.8 Å². The third-order valence-corrected chi connectivity index (χ3v) is 2.65. The topological polar surface area (TPSA) is 98.7 Å². The fourth-order valence-corrected chi connectivity index (χ4v) is 1.63. The van der Waals surface area contributed by atoms with E-state index < -0.39 is 18.6 Å². The van der Waals surface area contributed by atoms with E-state index in [0.29, 0.717) is 6.54 Å². The first-order valence-electron chi connectivity index (χ1n) is 4.91. The molecule has 1 aliphatic rings. The van der Waals surface area contributed by atoms with Gasteiger partial charge in [0.15, 0.2) is 0 Å². The van der Waals surface area contributed by atoms with Crippen molar-refractivity contribution in [1.29, 1.82) is 0 Å². The molecule has 3 atom stereocenters. The molecular weight excluding hydrogens is 200 g/mol. The number of hydrogen-bond donors (Lipinski definition) is 4. The Kier molecular flexibility index (Phi) is 4.05. The van der Waals surface area contributed by atoms with E-state index in [-0.39, 0.29) is 17.7 Å². The Bertz CT molecular complexity index is 256. The van der Waals surface area contributed by atoms with Gasteiger partial charge in [0, 0.05) is 6.54 Å². The van der Waals surface area contributed by atoms with Crippen LogP contribution < -0.4 is 10.6 Å². The average molecular weight is 216 g/mol. The number of rotatable bonds is 4. The van der Waals surface area contributed by atoms with Crippen LogP contribution in [-0.4, -0.2) is 47.8 Å².